The number of carbonyl (C=O) groups is 6. The van der Waals surface area contributed by atoms with Crippen LogP contribution >= 0.6 is 0 Å². The molecule has 1 atom stereocenters. The molecule has 0 saturated carbocycles. The largest absolute Gasteiger partial charge is 0.491 e. The second kappa shape index (κ2) is 26.2. The first-order valence-corrected chi connectivity index (χ1v) is 22.0. The molecule has 2 aliphatic heterocycles. The van der Waals surface area contributed by atoms with Crippen LogP contribution in [0, 0.1) is 11.3 Å². The third-order valence-corrected chi connectivity index (χ3v) is 11.1. The lowest BCUT2D eigenvalue weighted by Crippen LogP contribution is -2.50. The van der Waals surface area contributed by atoms with Gasteiger partial charge in [-0.1, -0.05) is 18.2 Å². The number of hydrogen-bond donors (Lipinski definition) is 5. The Hall–Kier alpha value is -6.42. The quantitative estimate of drug-likeness (QED) is 0.0853. The number of benzene rings is 2. The molecule has 0 unspecified atom stereocenters. The summed E-state index contributed by atoms with van der Waals surface area (Å²) in [6.07, 6.45) is 0.708. The van der Waals surface area contributed by atoms with E-state index in [4.69, 9.17) is 14.2 Å². The van der Waals surface area contributed by atoms with Gasteiger partial charge in [-0.3, -0.25) is 53.4 Å². The summed E-state index contributed by atoms with van der Waals surface area (Å²) in [5.74, 6) is -7.33. The van der Waals surface area contributed by atoms with E-state index in [1.54, 1.807) is 45.0 Å². The zero-order valence-corrected chi connectivity index (χ0v) is 37.5. The molecule has 368 valence electrons. The Morgan fingerprint density at radius 1 is 0.706 bits per heavy atom. The molecule has 5 rings (SSSR count). The van der Waals surface area contributed by atoms with Crippen LogP contribution in [-0.4, -0.2) is 224 Å². The van der Waals surface area contributed by atoms with E-state index in [0.717, 1.165) is 16.0 Å². The number of likely N-dealkylation sites (tertiary alicyclic amines) is 1. The number of alkyl halides is 2. The van der Waals surface area contributed by atoms with Crippen LogP contribution in [0.25, 0.3) is 22.0 Å². The van der Waals surface area contributed by atoms with E-state index in [2.05, 4.69) is 15.6 Å². The lowest BCUT2D eigenvalue weighted by atomic mass is 10.0. The number of halogens is 2. The molecule has 3 aromatic rings. The molecule has 3 heterocycles. The molecule has 1 aromatic heterocycles. The van der Waals surface area contributed by atoms with Gasteiger partial charge >= 0.3 is 17.9 Å². The van der Waals surface area contributed by atoms with Crippen molar-refractivity contribution in [2.45, 2.75) is 18.4 Å². The molecule has 68 heavy (non-hydrogen) atoms. The number of carboxylic acids is 3. The summed E-state index contributed by atoms with van der Waals surface area (Å²) in [4.78, 5) is 85.1. The van der Waals surface area contributed by atoms with Crippen LogP contribution in [0.4, 0.5) is 8.78 Å². The standard InChI is InChI=1S/C45H57F2N9O12/c46-45(47)24-34(25-48)56(31-45)40(58)26-51-44(65)36-7-8-49-38-6-3-33(23-37(36)38)32-1-4-35(5-2-32)68-22-21-67-20-19-66-18-9-50-39(57)27-52-10-12-53(28-41(59)60)14-16-55(30-43(63)64)17-15-54(13-11-52)29-42(61)62/h1-8,23,34H,9-22,24,26-31H2,(H,50,57)(H,51,65)(H,59,60)(H,61,62)(H,63,64)/t34-/m0/s1. The minimum Gasteiger partial charge on any atom is -0.491 e. The minimum absolute atomic E-state index is 0.00435. The van der Waals surface area contributed by atoms with E-state index in [9.17, 15) is 58.1 Å². The number of ether oxygens (including phenoxy) is 3. The molecule has 0 bridgehead atoms. The monoisotopic (exact) mass is 953 g/mol. The number of aliphatic carboxylic acids is 3. The minimum atomic E-state index is -3.17. The number of fused-ring (bicyclic) bond motifs is 1. The number of amides is 3. The van der Waals surface area contributed by atoms with Crippen molar-refractivity contribution in [3.63, 3.8) is 0 Å². The van der Waals surface area contributed by atoms with Crippen molar-refractivity contribution in [3.8, 4) is 22.9 Å². The third-order valence-electron chi connectivity index (χ3n) is 11.1. The highest BCUT2D eigenvalue weighted by Gasteiger charge is 2.47. The number of aromatic nitrogens is 1. The van der Waals surface area contributed by atoms with Crippen LogP contribution in [0.5, 0.6) is 5.75 Å². The number of nitrogens with one attached hydrogen (secondary N) is 2. The van der Waals surface area contributed by atoms with Gasteiger partial charge in [0.15, 0.2) is 0 Å². The van der Waals surface area contributed by atoms with Gasteiger partial charge in [0, 0.05) is 76.9 Å². The van der Waals surface area contributed by atoms with Gasteiger partial charge in [0.25, 0.3) is 11.8 Å². The first kappa shape index (κ1) is 52.5. The highest BCUT2D eigenvalue weighted by Crippen LogP contribution is 2.32. The molecule has 2 saturated heterocycles. The molecule has 0 spiro atoms. The van der Waals surface area contributed by atoms with Gasteiger partial charge < -0.3 is 45.1 Å². The fourth-order valence-corrected chi connectivity index (χ4v) is 7.66. The Labute approximate surface area is 391 Å². The predicted molar refractivity (Wildman–Crippen MR) is 239 cm³/mol. The van der Waals surface area contributed by atoms with Crippen molar-refractivity contribution in [3.05, 3.63) is 60.3 Å². The molecule has 0 aliphatic carbocycles. The molecule has 23 heteroatoms. The van der Waals surface area contributed by atoms with Crippen LogP contribution in [0.3, 0.4) is 0 Å². The summed E-state index contributed by atoms with van der Waals surface area (Å²) >= 11 is 0. The van der Waals surface area contributed by atoms with Crippen molar-refractivity contribution in [1.29, 1.82) is 5.26 Å². The van der Waals surface area contributed by atoms with Gasteiger partial charge in [-0.2, -0.15) is 5.26 Å². The lowest BCUT2D eigenvalue weighted by Gasteiger charge is -2.32. The summed E-state index contributed by atoms with van der Waals surface area (Å²) in [6.45, 7) is 1.71. The molecule has 2 aromatic carbocycles. The van der Waals surface area contributed by atoms with E-state index in [-0.39, 0.29) is 103 Å². The van der Waals surface area contributed by atoms with E-state index in [1.165, 1.54) is 12.3 Å². The topological polar surface area (TPSA) is 268 Å². The van der Waals surface area contributed by atoms with E-state index < -0.39 is 61.2 Å². The van der Waals surface area contributed by atoms with Crippen molar-refractivity contribution in [2.24, 2.45) is 0 Å². The van der Waals surface area contributed by atoms with Crippen LogP contribution in [-0.2, 0) is 33.4 Å². The lowest BCUT2D eigenvalue weighted by molar-refractivity contribution is -0.140. The fourth-order valence-electron chi connectivity index (χ4n) is 7.66. The van der Waals surface area contributed by atoms with Gasteiger partial charge in [-0.05, 0) is 41.5 Å². The van der Waals surface area contributed by atoms with E-state index in [1.807, 2.05) is 23.1 Å². The summed E-state index contributed by atoms with van der Waals surface area (Å²) in [5.41, 5.74) is 2.36. The molecular formula is C45H57F2N9O12. The Morgan fingerprint density at radius 2 is 1.24 bits per heavy atom. The zero-order chi connectivity index (χ0) is 49.1. The maximum atomic E-state index is 13.8. The Morgan fingerprint density at radius 3 is 1.79 bits per heavy atom. The van der Waals surface area contributed by atoms with Gasteiger partial charge in [0.05, 0.1) is 82.8 Å². The highest BCUT2D eigenvalue weighted by atomic mass is 19.3. The van der Waals surface area contributed by atoms with Gasteiger partial charge in [-0.25, -0.2) is 8.78 Å². The number of carbonyl (C=O) groups excluding carboxylic acids is 3. The Bertz CT molecular complexity index is 2220. The Kier molecular flexibility index (Phi) is 20.3. The summed E-state index contributed by atoms with van der Waals surface area (Å²) in [5, 5.41) is 43.2. The molecule has 21 nitrogen and oxygen atoms in total. The fraction of sp³-hybridized carbons (Fsp3) is 0.511. The van der Waals surface area contributed by atoms with Gasteiger partial charge in [0.1, 0.15) is 18.4 Å². The zero-order valence-electron chi connectivity index (χ0n) is 37.5. The summed E-state index contributed by atoms with van der Waals surface area (Å²) < 4.78 is 44.7. The summed E-state index contributed by atoms with van der Waals surface area (Å²) in [6, 6.07) is 14.6. The predicted octanol–water partition coefficient (Wildman–Crippen LogP) is 0.395. The van der Waals surface area contributed by atoms with Crippen LogP contribution < -0.4 is 15.4 Å². The number of carboxylic acid groups (broad SMARTS) is 3. The van der Waals surface area contributed by atoms with Crippen LogP contribution in [0.15, 0.2) is 54.7 Å². The average molecular weight is 954 g/mol. The smallest absolute Gasteiger partial charge is 0.317 e. The third kappa shape index (κ3) is 17.3. The van der Waals surface area contributed by atoms with Gasteiger partial charge in [0.2, 0.25) is 11.8 Å². The SMILES string of the molecule is N#C[C@@H]1CC(F)(F)CN1C(=O)CNC(=O)c1ccnc2ccc(-c3ccc(OCCOCCOCCNC(=O)CN4CCN(CC(=O)O)CCN(CC(=O)O)CCN(CC(=O)O)CC4)cc3)cc12. The molecule has 3 amide bonds. The average Bonchev–Trinajstić information content (AvgIpc) is 3.63. The number of nitriles is 1. The number of pyridine rings is 1. The molecular weight excluding hydrogens is 897 g/mol. The molecule has 2 fully saturated rings. The number of nitrogens with zero attached hydrogens (tertiary/aromatic N) is 7. The first-order chi connectivity index (χ1) is 32.6. The Balaban J connectivity index is 0.989. The maximum absolute atomic E-state index is 13.8. The molecule has 2 aliphatic rings. The first-order valence-electron chi connectivity index (χ1n) is 22.0. The van der Waals surface area contributed by atoms with Crippen LogP contribution in [0.2, 0.25) is 0 Å². The number of hydrogen-bond acceptors (Lipinski definition) is 15. The van der Waals surface area contributed by atoms with Crippen LogP contribution in [0.1, 0.15) is 16.8 Å². The van der Waals surface area contributed by atoms with Crippen molar-refractivity contribution < 1.29 is 67.1 Å². The summed E-state index contributed by atoms with van der Waals surface area (Å²) in [7, 11) is 0. The maximum Gasteiger partial charge on any atom is 0.317 e. The molecule has 5 N–H and O–H groups in total. The second-order valence-corrected chi connectivity index (χ2v) is 16.2. The normalized spacial score (nSPS) is 17.7. The number of rotatable bonds is 22. The van der Waals surface area contributed by atoms with Crippen molar-refractivity contribution >= 4 is 46.5 Å². The molecule has 0 radical (unpaired) electrons. The van der Waals surface area contributed by atoms with Gasteiger partial charge in [-0.15, -0.1) is 0 Å². The van der Waals surface area contributed by atoms with E-state index >= 15 is 0 Å². The van der Waals surface area contributed by atoms with Crippen molar-refractivity contribution in [2.75, 3.05) is 131 Å². The highest BCUT2D eigenvalue weighted by molar-refractivity contribution is 6.07. The van der Waals surface area contributed by atoms with Crippen molar-refractivity contribution in [1.82, 2.24) is 40.1 Å². The second-order valence-electron chi connectivity index (χ2n) is 16.2. The van der Waals surface area contributed by atoms with E-state index in [0.29, 0.717) is 42.8 Å².